The van der Waals surface area contributed by atoms with Gasteiger partial charge in [0, 0.05) is 17.0 Å². The quantitative estimate of drug-likeness (QED) is 0.646. The molecule has 0 saturated carbocycles. The number of carbonyl (C=O) groups is 1. The van der Waals surface area contributed by atoms with Gasteiger partial charge in [0.2, 0.25) is 0 Å². The first-order chi connectivity index (χ1) is 10.3. The van der Waals surface area contributed by atoms with Crippen LogP contribution in [-0.4, -0.2) is 15.8 Å². The van der Waals surface area contributed by atoms with Crippen LogP contribution in [0.3, 0.4) is 0 Å². The van der Waals surface area contributed by atoms with Crippen molar-refractivity contribution in [1.82, 2.24) is 9.97 Å². The van der Waals surface area contributed by atoms with Crippen LogP contribution in [0.2, 0.25) is 0 Å². The lowest BCUT2D eigenvalue weighted by molar-refractivity contribution is 0.0975. The molecule has 0 aliphatic rings. The van der Waals surface area contributed by atoms with Crippen LogP contribution < -0.4 is 0 Å². The molecule has 1 heterocycles. The number of nitrogens with zero attached hydrogens (tertiary/aromatic N) is 3. The number of Topliss-reactive ketones (excluding diaryl/α,β-unsaturated/α-hetero) is 1. The van der Waals surface area contributed by atoms with Crippen molar-refractivity contribution in [2.45, 2.75) is 19.8 Å². The second-order valence-electron chi connectivity index (χ2n) is 4.69. The normalized spacial score (nSPS) is 11.8. The standard InChI is InChI=1S/C15H10F3N3O/c1-7-3-8(2)21-15(20-7)10(6-19)14(22)9-4-11(16)13(18)12(17)5-9/h3-5,10H,1-2H3. The first kappa shape index (κ1) is 15.6. The lowest BCUT2D eigenvalue weighted by atomic mass is 9.97. The van der Waals surface area contributed by atoms with Gasteiger partial charge in [0.05, 0.1) is 6.07 Å². The number of aromatic nitrogens is 2. The molecule has 112 valence electrons. The Morgan fingerprint density at radius 2 is 1.59 bits per heavy atom. The highest BCUT2D eigenvalue weighted by Gasteiger charge is 2.27. The fourth-order valence-corrected chi connectivity index (χ4v) is 1.98. The van der Waals surface area contributed by atoms with E-state index in [9.17, 15) is 23.2 Å². The predicted molar refractivity (Wildman–Crippen MR) is 70.5 cm³/mol. The van der Waals surface area contributed by atoms with Crippen molar-refractivity contribution in [2.24, 2.45) is 0 Å². The largest absolute Gasteiger partial charge is 0.292 e. The summed E-state index contributed by atoms with van der Waals surface area (Å²) in [6, 6.07) is 4.46. The van der Waals surface area contributed by atoms with Crippen molar-refractivity contribution in [3.8, 4) is 6.07 Å². The third kappa shape index (κ3) is 2.96. The molecule has 0 fully saturated rings. The minimum atomic E-state index is -1.67. The van der Waals surface area contributed by atoms with E-state index < -0.39 is 34.7 Å². The SMILES string of the molecule is Cc1cc(C)nc(C(C#N)C(=O)c2cc(F)c(F)c(F)c2)n1. The molecule has 2 aromatic rings. The second kappa shape index (κ2) is 5.93. The molecule has 0 spiro atoms. The van der Waals surface area contributed by atoms with Crippen LogP contribution in [-0.2, 0) is 0 Å². The zero-order valence-electron chi connectivity index (χ0n) is 11.7. The van der Waals surface area contributed by atoms with Crippen LogP contribution in [0.15, 0.2) is 18.2 Å². The molecule has 0 saturated heterocycles. The van der Waals surface area contributed by atoms with Crippen molar-refractivity contribution >= 4 is 5.78 Å². The maximum absolute atomic E-state index is 13.2. The number of hydrogen-bond acceptors (Lipinski definition) is 4. The molecule has 1 atom stereocenters. The van der Waals surface area contributed by atoms with Crippen LogP contribution in [0.1, 0.15) is 33.5 Å². The summed E-state index contributed by atoms with van der Waals surface area (Å²) in [4.78, 5) is 20.3. The van der Waals surface area contributed by atoms with Gasteiger partial charge in [0.25, 0.3) is 0 Å². The number of rotatable bonds is 3. The summed E-state index contributed by atoms with van der Waals surface area (Å²) in [6.07, 6.45) is 0. The van der Waals surface area contributed by atoms with Crippen LogP contribution in [0, 0.1) is 42.6 Å². The molecule has 2 rings (SSSR count). The molecular weight excluding hydrogens is 295 g/mol. The smallest absolute Gasteiger partial charge is 0.194 e. The zero-order valence-corrected chi connectivity index (χ0v) is 11.7. The fourth-order valence-electron chi connectivity index (χ4n) is 1.98. The number of carbonyl (C=O) groups excluding carboxylic acids is 1. The van der Waals surface area contributed by atoms with Crippen molar-refractivity contribution < 1.29 is 18.0 Å². The third-order valence-corrected chi connectivity index (χ3v) is 2.92. The topological polar surface area (TPSA) is 66.6 Å². The Morgan fingerprint density at radius 1 is 1.09 bits per heavy atom. The van der Waals surface area contributed by atoms with E-state index in [0.29, 0.717) is 23.5 Å². The van der Waals surface area contributed by atoms with E-state index in [1.807, 2.05) is 0 Å². The Kier molecular flexibility index (Phi) is 4.22. The van der Waals surface area contributed by atoms with Gasteiger partial charge in [-0.3, -0.25) is 4.79 Å². The van der Waals surface area contributed by atoms with Crippen LogP contribution in [0.25, 0.3) is 0 Å². The van der Waals surface area contributed by atoms with Crippen molar-refractivity contribution in [3.05, 3.63) is 58.4 Å². The summed E-state index contributed by atoms with van der Waals surface area (Å²) in [7, 11) is 0. The first-order valence-corrected chi connectivity index (χ1v) is 6.24. The highest BCUT2D eigenvalue weighted by molar-refractivity contribution is 6.02. The van der Waals surface area contributed by atoms with E-state index in [4.69, 9.17) is 0 Å². The van der Waals surface area contributed by atoms with E-state index in [1.165, 1.54) is 0 Å². The van der Waals surface area contributed by atoms with Gasteiger partial charge in [-0.25, -0.2) is 23.1 Å². The first-order valence-electron chi connectivity index (χ1n) is 6.24. The number of aryl methyl sites for hydroxylation is 2. The molecule has 0 aliphatic heterocycles. The summed E-state index contributed by atoms with van der Waals surface area (Å²) in [6.45, 7) is 3.32. The Morgan fingerprint density at radius 3 is 2.05 bits per heavy atom. The maximum atomic E-state index is 13.2. The minimum absolute atomic E-state index is 0.0601. The minimum Gasteiger partial charge on any atom is -0.292 e. The lowest BCUT2D eigenvalue weighted by Gasteiger charge is -2.09. The van der Waals surface area contributed by atoms with Crippen LogP contribution in [0.4, 0.5) is 13.2 Å². The monoisotopic (exact) mass is 305 g/mol. The summed E-state index contributed by atoms with van der Waals surface area (Å²) < 4.78 is 39.4. The van der Waals surface area contributed by atoms with Crippen molar-refractivity contribution in [2.75, 3.05) is 0 Å². The Labute approximate surface area is 124 Å². The molecule has 0 N–H and O–H groups in total. The van der Waals surface area contributed by atoms with Gasteiger partial charge in [-0.15, -0.1) is 0 Å². The number of hydrogen-bond donors (Lipinski definition) is 0. The summed E-state index contributed by atoms with van der Waals surface area (Å²) in [5.74, 6) is -7.06. The maximum Gasteiger partial charge on any atom is 0.194 e. The number of nitriles is 1. The number of halogens is 3. The molecule has 1 aromatic carbocycles. The van der Waals surface area contributed by atoms with Crippen LogP contribution in [0.5, 0.6) is 0 Å². The van der Waals surface area contributed by atoms with Crippen molar-refractivity contribution in [3.63, 3.8) is 0 Å². The highest BCUT2D eigenvalue weighted by atomic mass is 19.2. The lowest BCUT2D eigenvalue weighted by Crippen LogP contribution is -2.16. The van der Waals surface area contributed by atoms with Gasteiger partial charge >= 0.3 is 0 Å². The van der Waals surface area contributed by atoms with E-state index in [0.717, 1.165) is 0 Å². The fraction of sp³-hybridized carbons (Fsp3) is 0.200. The molecule has 0 aliphatic carbocycles. The van der Waals surface area contributed by atoms with E-state index >= 15 is 0 Å². The molecule has 1 aromatic heterocycles. The molecule has 4 nitrogen and oxygen atoms in total. The van der Waals surface area contributed by atoms with Gasteiger partial charge in [-0.2, -0.15) is 5.26 Å². The molecular formula is C15H10F3N3O. The molecule has 22 heavy (non-hydrogen) atoms. The second-order valence-corrected chi connectivity index (χ2v) is 4.69. The average molecular weight is 305 g/mol. The van der Waals surface area contributed by atoms with Gasteiger partial charge in [-0.05, 0) is 32.0 Å². The molecule has 7 heteroatoms. The molecule has 0 radical (unpaired) electrons. The zero-order chi connectivity index (χ0) is 16.4. The van der Waals surface area contributed by atoms with Gasteiger partial charge in [-0.1, -0.05) is 0 Å². The summed E-state index contributed by atoms with van der Waals surface area (Å²) in [5.41, 5.74) is 0.643. The molecule has 0 amide bonds. The predicted octanol–water partition coefficient (Wildman–Crippen LogP) is 3.00. The van der Waals surface area contributed by atoms with Crippen LogP contribution >= 0.6 is 0 Å². The van der Waals surface area contributed by atoms with Gasteiger partial charge in [0.1, 0.15) is 0 Å². The Balaban J connectivity index is 2.48. The third-order valence-electron chi connectivity index (χ3n) is 2.92. The number of ketones is 1. The van der Waals surface area contributed by atoms with Gasteiger partial charge in [0.15, 0.2) is 35.0 Å². The van der Waals surface area contributed by atoms with E-state index in [1.54, 1.807) is 26.0 Å². The molecule has 0 bridgehead atoms. The number of benzene rings is 1. The van der Waals surface area contributed by atoms with E-state index in [-0.39, 0.29) is 5.82 Å². The summed E-state index contributed by atoms with van der Waals surface area (Å²) in [5, 5.41) is 9.17. The van der Waals surface area contributed by atoms with E-state index in [2.05, 4.69) is 9.97 Å². The Bertz CT molecular complexity index is 756. The molecule has 1 unspecified atom stereocenters. The highest BCUT2D eigenvalue weighted by Crippen LogP contribution is 2.21. The van der Waals surface area contributed by atoms with Crippen molar-refractivity contribution in [1.29, 1.82) is 5.26 Å². The average Bonchev–Trinajstić information content (AvgIpc) is 2.43. The Hall–Kier alpha value is -2.75. The van der Waals surface area contributed by atoms with Gasteiger partial charge < -0.3 is 0 Å². The summed E-state index contributed by atoms with van der Waals surface area (Å²) >= 11 is 0.